The molecule has 4 nitrogen and oxygen atoms in total. The van der Waals surface area contributed by atoms with Crippen LogP contribution in [0.1, 0.15) is 27.9 Å². The van der Waals surface area contributed by atoms with Gasteiger partial charge in [0.25, 0.3) is 5.91 Å². The quantitative estimate of drug-likeness (QED) is 0.734. The van der Waals surface area contributed by atoms with Gasteiger partial charge in [0.15, 0.2) is 11.5 Å². The minimum Gasteiger partial charge on any atom is -0.504 e. The number of carbonyl (C=O) groups excluding carboxylic acids is 1. The van der Waals surface area contributed by atoms with Gasteiger partial charge in [0.05, 0.1) is 5.56 Å². The Morgan fingerprint density at radius 1 is 1.05 bits per heavy atom. The summed E-state index contributed by atoms with van der Waals surface area (Å²) in [6, 6.07) is 10.2. The number of phenolic OH excluding ortho intramolecular Hbond substituents is 2. The Hall–Kier alpha value is -2.49. The lowest BCUT2D eigenvalue weighted by Crippen LogP contribution is -2.12. The van der Waals surface area contributed by atoms with Crippen LogP contribution < -0.4 is 5.32 Å². The van der Waals surface area contributed by atoms with Crippen LogP contribution in [0.5, 0.6) is 11.5 Å². The average molecular weight is 269 g/mol. The first-order valence-corrected chi connectivity index (χ1v) is 6.59. The monoisotopic (exact) mass is 269 g/mol. The summed E-state index contributed by atoms with van der Waals surface area (Å²) in [7, 11) is 0. The van der Waals surface area contributed by atoms with Crippen molar-refractivity contribution in [2.45, 2.75) is 19.3 Å². The number of phenols is 2. The van der Waals surface area contributed by atoms with E-state index in [0.29, 0.717) is 5.69 Å². The highest BCUT2D eigenvalue weighted by molar-refractivity contribution is 6.06. The number of nitrogens with one attached hydrogen (secondary N) is 1. The Morgan fingerprint density at radius 2 is 1.85 bits per heavy atom. The fourth-order valence-electron chi connectivity index (χ4n) is 2.56. The van der Waals surface area contributed by atoms with Crippen molar-refractivity contribution in [1.29, 1.82) is 0 Å². The fraction of sp³-hybridized carbons (Fsp3) is 0.188. The van der Waals surface area contributed by atoms with Crippen molar-refractivity contribution < 1.29 is 15.0 Å². The topological polar surface area (TPSA) is 69.6 Å². The third-order valence-corrected chi connectivity index (χ3v) is 3.62. The largest absolute Gasteiger partial charge is 0.504 e. The van der Waals surface area contributed by atoms with Crippen LogP contribution in [-0.2, 0) is 12.8 Å². The maximum atomic E-state index is 12.1. The molecular formula is C16H15NO3. The number of rotatable bonds is 2. The SMILES string of the molecule is O=C(Nc1ccc2c(c1)CCC2)c1cccc(O)c1O. The van der Waals surface area contributed by atoms with Crippen LogP contribution in [0.2, 0.25) is 0 Å². The summed E-state index contributed by atoms with van der Waals surface area (Å²) >= 11 is 0. The highest BCUT2D eigenvalue weighted by Gasteiger charge is 2.15. The molecule has 0 heterocycles. The van der Waals surface area contributed by atoms with Gasteiger partial charge in [0, 0.05) is 5.69 Å². The zero-order chi connectivity index (χ0) is 14.1. The van der Waals surface area contributed by atoms with Gasteiger partial charge in [-0.2, -0.15) is 0 Å². The number of fused-ring (bicyclic) bond motifs is 1. The van der Waals surface area contributed by atoms with E-state index in [1.165, 1.54) is 29.3 Å². The molecule has 2 aromatic rings. The number of benzene rings is 2. The van der Waals surface area contributed by atoms with E-state index in [0.717, 1.165) is 19.3 Å². The van der Waals surface area contributed by atoms with Gasteiger partial charge >= 0.3 is 0 Å². The van der Waals surface area contributed by atoms with E-state index in [2.05, 4.69) is 5.32 Å². The molecule has 3 N–H and O–H groups in total. The summed E-state index contributed by atoms with van der Waals surface area (Å²) < 4.78 is 0. The first-order chi connectivity index (χ1) is 9.65. The Balaban J connectivity index is 1.84. The molecule has 2 aromatic carbocycles. The van der Waals surface area contributed by atoms with Crippen molar-refractivity contribution in [2.75, 3.05) is 5.32 Å². The van der Waals surface area contributed by atoms with E-state index in [9.17, 15) is 15.0 Å². The number of carbonyl (C=O) groups is 1. The molecule has 0 fully saturated rings. The minimum absolute atomic E-state index is 0.0606. The maximum Gasteiger partial charge on any atom is 0.259 e. The zero-order valence-corrected chi connectivity index (χ0v) is 10.9. The number of hydrogen-bond donors (Lipinski definition) is 3. The smallest absolute Gasteiger partial charge is 0.259 e. The number of anilines is 1. The third-order valence-electron chi connectivity index (χ3n) is 3.62. The molecule has 20 heavy (non-hydrogen) atoms. The molecule has 1 aliphatic carbocycles. The van der Waals surface area contributed by atoms with E-state index >= 15 is 0 Å². The van der Waals surface area contributed by atoms with Crippen molar-refractivity contribution in [3.05, 3.63) is 53.1 Å². The molecule has 102 valence electrons. The highest BCUT2D eigenvalue weighted by atomic mass is 16.3. The number of para-hydroxylation sites is 1. The minimum atomic E-state index is -0.434. The van der Waals surface area contributed by atoms with Crippen LogP contribution in [0.25, 0.3) is 0 Å². The van der Waals surface area contributed by atoms with Gasteiger partial charge in [-0.15, -0.1) is 0 Å². The molecule has 1 aliphatic rings. The van der Waals surface area contributed by atoms with Gasteiger partial charge in [0.2, 0.25) is 0 Å². The van der Waals surface area contributed by atoms with E-state index in [1.807, 2.05) is 18.2 Å². The number of aromatic hydroxyl groups is 2. The van der Waals surface area contributed by atoms with Crippen molar-refractivity contribution >= 4 is 11.6 Å². The molecular weight excluding hydrogens is 254 g/mol. The maximum absolute atomic E-state index is 12.1. The lowest BCUT2D eigenvalue weighted by molar-refractivity contribution is 0.102. The Morgan fingerprint density at radius 3 is 2.70 bits per heavy atom. The number of aryl methyl sites for hydroxylation is 2. The molecule has 0 saturated carbocycles. The summed E-state index contributed by atoms with van der Waals surface area (Å²) in [5.41, 5.74) is 3.37. The normalized spacial score (nSPS) is 13.0. The lowest BCUT2D eigenvalue weighted by atomic mass is 10.1. The summed E-state index contributed by atoms with van der Waals surface area (Å²) in [6.07, 6.45) is 3.29. The van der Waals surface area contributed by atoms with Gasteiger partial charge in [-0.3, -0.25) is 4.79 Å². The second-order valence-corrected chi connectivity index (χ2v) is 4.96. The molecule has 4 heteroatoms. The molecule has 0 aromatic heterocycles. The molecule has 0 aliphatic heterocycles. The summed E-state index contributed by atoms with van der Waals surface area (Å²) in [6.45, 7) is 0. The van der Waals surface area contributed by atoms with E-state index < -0.39 is 11.7 Å². The van der Waals surface area contributed by atoms with Crippen molar-refractivity contribution in [3.63, 3.8) is 0 Å². The molecule has 1 amide bonds. The van der Waals surface area contributed by atoms with Crippen LogP contribution in [0.4, 0.5) is 5.69 Å². The third kappa shape index (κ3) is 2.20. The fourth-order valence-corrected chi connectivity index (χ4v) is 2.56. The second kappa shape index (κ2) is 4.89. The second-order valence-electron chi connectivity index (χ2n) is 4.96. The average Bonchev–Trinajstić information content (AvgIpc) is 2.89. The molecule has 0 saturated heterocycles. The van der Waals surface area contributed by atoms with Gasteiger partial charge < -0.3 is 15.5 Å². The van der Waals surface area contributed by atoms with E-state index in [-0.39, 0.29) is 11.3 Å². The van der Waals surface area contributed by atoms with Crippen LogP contribution in [0.15, 0.2) is 36.4 Å². The van der Waals surface area contributed by atoms with Gasteiger partial charge in [-0.05, 0) is 54.7 Å². The molecule has 0 bridgehead atoms. The zero-order valence-electron chi connectivity index (χ0n) is 10.9. The van der Waals surface area contributed by atoms with Crippen molar-refractivity contribution in [3.8, 4) is 11.5 Å². The number of amides is 1. The standard InChI is InChI=1S/C16H15NO3/c18-14-6-2-5-13(15(14)19)16(20)17-12-8-7-10-3-1-4-11(10)9-12/h2,5-9,18-19H,1,3-4H2,(H,17,20). The van der Waals surface area contributed by atoms with Gasteiger partial charge in [0.1, 0.15) is 0 Å². The van der Waals surface area contributed by atoms with Crippen LogP contribution >= 0.6 is 0 Å². The van der Waals surface area contributed by atoms with Gasteiger partial charge in [-0.25, -0.2) is 0 Å². The van der Waals surface area contributed by atoms with Gasteiger partial charge in [-0.1, -0.05) is 12.1 Å². The molecule has 0 atom stereocenters. The molecule has 3 rings (SSSR count). The Bertz CT molecular complexity index is 679. The Labute approximate surface area is 116 Å². The molecule has 0 radical (unpaired) electrons. The lowest BCUT2D eigenvalue weighted by Gasteiger charge is -2.09. The van der Waals surface area contributed by atoms with Crippen LogP contribution in [-0.4, -0.2) is 16.1 Å². The number of hydrogen-bond acceptors (Lipinski definition) is 3. The summed E-state index contributed by atoms with van der Waals surface area (Å²) in [4.78, 5) is 12.1. The van der Waals surface area contributed by atoms with E-state index in [1.54, 1.807) is 0 Å². The highest BCUT2D eigenvalue weighted by Crippen LogP contribution is 2.29. The first kappa shape index (κ1) is 12.5. The van der Waals surface area contributed by atoms with Crippen molar-refractivity contribution in [1.82, 2.24) is 0 Å². The van der Waals surface area contributed by atoms with Crippen LogP contribution in [0, 0.1) is 0 Å². The predicted molar refractivity (Wildman–Crippen MR) is 76.2 cm³/mol. The summed E-state index contributed by atoms with van der Waals surface area (Å²) in [5, 5.41) is 21.8. The molecule has 0 spiro atoms. The molecule has 0 unspecified atom stereocenters. The Kier molecular flexibility index (Phi) is 3.06. The first-order valence-electron chi connectivity index (χ1n) is 6.59. The van der Waals surface area contributed by atoms with E-state index in [4.69, 9.17) is 0 Å². The summed E-state index contributed by atoms with van der Waals surface area (Å²) in [5.74, 6) is -1.13. The van der Waals surface area contributed by atoms with Crippen molar-refractivity contribution in [2.24, 2.45) is 0 Å². The predicted octanol–water partition coefficient (Wildman–Crippen LogP) is 2.84. The van der Waals surface area contributed by atoms with Crippen LogP contribution in [0.3, 0.4) is 0 Å².